The molecule has 17 heavy (non-hydrogen) atoms. The van der Waals surface area contributed by atoms with E-state index in [1.54, 1.807) is 0 Å². The molecule has 1 aromatic carbocycles. The van der Waals surface area contributed by atoms with Gasteiger partial charge in [0, 0.05) is 23.5 Å². The van der Waals surface area contributed by atoms with Crippen molar-refractivity contribution in [3.8, 4) is 0 Å². The Kier molecular flexibility index (Phi) is 2.65. The van der Waals surface area contributed by atoms with Crippen molar-refractivity contribution in [2.45, 2.75) is 12.5 Å². The summed E-state index contributed by atoms with van der Waals surface area (Å²) in [4.78, 5) is 6.70. The highest BCUT2D eigenvalue weighted by Gasteiger charge is 2.21. The summed E-state index contributed by atoms with van der Waals surface area (Å²) in [5.74, 6) is 0.927. The minimum atomic E-state index is -0.224. The minimum absolute atomic E-state index is 0.224. The van der Waals surface area contributed by atoms with Crippen LogP contribution in [0.25, 0.3) is 10.9 Å². The van der Waals surface area contributed by atoms with Crippen LogP contribution in [-0.4, -0.2) is 29.3 Å². The molecule has 1 aliphatic rings. The van der Waals surface area contributed by atoms with Gasteiger partial charge in [0.25, 0.3) is 0 Å². The molecule has 0 saturated carbocycles. The van der Waals surface area contributed by atoms with Gasteiger partial charge in [-0.1, -0.05) is 11.6 Å². The second-order valence-electron chi connectivity index (χ2n) is 4.39. The molecule has 2 heterocycles. The summed E-state index contributed by atoms with van der Waals surface area (Å²) in [7, 11) is 0. The van der Waals surface area contributed by atoms with Crippen molar-refractivity contribution >= 4 is 28.3 Å². The number of hydrogen-bond acceptors (Lipinski definition) is 3. The number of benzene rings is 1. The van der Waals surface area contributed by atoms with Gasteiger partial charge in [-0.3, -0.25) is 0 Å². The summed E-state index contributed by atoms with van der Waals surface area (Å²) in [5.41, 5.74) is 0.938. The number of nitrogens with zero attached hydrogens (tertiary/aromatic N) is 2. The smallest absolute Gasteiger partial charge is 0.129 e. The van der Waals surface area contributed by atoms with E-state index in [9.17, 15) is 5.11 Å². The highest BCUT2D eigenvalue weighted by atomic mass is 35.5. The zero-order valence-corrected chi connectivity index (χ0v) is 10.1. The summed E-state index contributed by atoms with van der Waals surface area (Å²) in [6.07, 6.45) is 0.595. The maximum atomic E-state index is 9.52. The monoisotopic (exact) mass is 248 g/mol. The Morgan fingerprint density at radius 2 is 2.18 bits per heavy atom. The second kappa shape index (κ2) is 4.17. The second-order valence-corrected chi connectivity index (χ2v) is 4.83. The Balaban J connectivity index is 1.99. The lowest BCUT2D eigenvalue weighted by atomic mass is 10.2. The third-order valence-corrected chi connectivity index (χ3v) is 3.36. The zero-order chi connectivity index (χ0) is 11.8. The third-order valence-electron chi connectivity index (χ3n) is 3.12. The van der Waals surface area contributed by atoms with E-state index < -0.39 is 0 Å². The van der Waals surface area contributed by atoms with Crippen LogP contribution >= 0.6 is 11.6 Å². The molecule has 0 bridgehead atoms. The predicted octanol–water partition coefficient (Wildman–Crippen LogP) is 2.46. The Morgan fingerprint density at radius 1 is 1.29 bits per heavy atom. The molecule has 88 valence electrons. The Hall–Kier alpha value is -1.32. The number of fused-ring (bicyclic) bond motifs is 1. The molecule has 1 unspecified atom stereocenters. The van der Waals surface area contributed by atoms with Crippen LogP contribution in [0.4, 0.5) is 5.82 Å². The van der Waals surface area contributed by atoms with Gasteiger partial charge >= 0.3 is 0 Å². The largest absolute Gasteiger partial charge is 0.391 e. The summed E-state index contributed by atoms with van der Waals surface area (Å²) >= 11 is 5.93. The molecule has 0 radical (unpaired) electrons. The number of halogens is 1. The van der Waals surface area contributed by atoms with Crippen molar-refractivity contribution in [2.24, 2.45) is 0 Å². The highest BCUT2D eigenvalue weighted by Crippen LogP contribution is 2.23. The normalized spacial score (nSPS) is 20.1. The van der Waals surface area contributed by atoms with Gasteiger partial charge in [-0.15, -0.1) is 0 Å². The van der Waals surface area contributed by atoms with Crippen LogP contribution in [0.1, 0.15) is 6.42 Å². The number of anilines is 1. The summed E-state index contributed by atoms with van der Waals surface area (Å²) in [6.45, 7) is 1.54. The Morgan fingerprint density at radius 3 is 2.94 bits per heavy atom. The van der Waals surface area contributed by atoms with Crippen LogP contribution in [-0.2, 0) is 0 Å². The molecular formula is C13H13ClN2O. The van der Waals surface area contributed by atoms with Crippen LogP contribution < -0.4 is 4.90 Å². The molecule has 2 aromatic rings. The molecule has 1 aromatic heterocycles. The molecule has 0 aliphatic carbocycles. The standard InChI is InChI=1S/C13H13ClN2O/c14-10-2-3-12-9(7-10)1-4-13(15-12)16-6-5-11(17)8-16/h1-4,7,11,17H,5-6,8H2. The number of rotatable bonds is 1. The van der Waals surface area contributed by atoms with E-state index in [2.05, 4.69) is 9.88 Å². The third kappa shape index (κ3) is 2.08. The summed E-state index contributed by atoms with van der Waals surface area (Å²) in [6, 6.07) is 9.69. The lowest BCUT2D eigenvalue weighted by molar-refractivity contribution is 0.198. The van der Waals surface area contributed by atoms with Gasteiger partial charge in [-0.25, -0.2) is 4.98 Å². The highest BCUT2D eigenvalue weighted by molar-refractivity contribution is 6.31. The molecule has 0 spiro atoms. The van der Waals surface area contributed by atoms with E-state index in [0.717, 1.165) is 34.7 Å². The Labute approximate surface area is 105 Å². The fourth-order valence-electron chi connectivity index (χ4n) is 2.21. The number of β-amino-alcohol motifs (C(OH)–C–C–N with tert-alkyl or cyclic N) is 1. The average molecular weight is 249 g/mol. The zero-order valence-electron chi connectivity index (χ0n) is 9.31. The number of pyridine rings is 1. The average Bonchev–Trinajstić information content (AvgIpc) is 2.75. The van der Waals surface area contributed by atoms with Crippen molar-refractivity contribution in [3.63, 3.8) is 0 Å². The van der Waals surface area contributed by atoms with Gasteiger partial charge in [0.1, 0.15) is 5.82 Å². The van der Waals surface area contributed by atoms with Gasteiger partial charge < -0.3 is 10.0 Å². The maximum absolute atomic E-state index is 9.52. The van der Waals surface area contributed by atoms with Crippen molar-refractivity contribution in [2.75, 3.05) is 18.0 Å². The topological polar surface area (TPSA) is 36.4 Å². The molecule has 1 fully saturated rings. The lowest BCUT2D eigenvalue weighted by Gasteiger charge is -2.16. The number of aliphatic hydroxyl groups excluding tert-OH is 1. The van der Waals surface area contributed by atoms with E-state index in [1.165, 1.54) is 0 Å². The van der Waals surface area contributed by atoms with Gasteiger partial charge in [0.2, 0.25) is 0 Å². The van der Waals surface area contributed by atoms with Crippen LogP contribution in [0.15, 0.2) is 30.3 Å². The molecule has 3 nitrogen and oxygen atoms in total. The molecular weight excluding hydrogens is 236 g/mol. The molecule has 3 rings (SSSR count). The SMILES string of the molecule is OC1CCN(c2ccc3cc(Cl)ccc3n2)C1. The predicted molar refractivity (Wildman–Crippen MR) is 69.6 cm³/mol. The van der Waals surface area contributed by atoms with E-state index >= 15 is 0 Å². The summed E-state index contributed by atoms with van der Waals surface area (Å²) in [5, 5.41) is 11.3. The van der Waals surface area contributed by atoms with Crippen LogP contribution in [0, 0.1) is 0 Å². The molecule has 4 heteroatoms. The first-order valence-electron chi connectivity index (χ1n) is 5.72. The van der Waals surface area contributed by atoms with E-state index in [4.69, 9.17) is 11.6 Å². The van der Waals surface area contributed by atoms with Gasteiger partial charge in [-0.05, 0) is 36.8 Å². The van der Waals surface area contributed by atoms with Crippen LogP contribution in [0.3, 0.4) is 0 Å². The fourth-order valence-corrected chi connectivity index (χ4v) is 2.39. The Bertz CT molecular complexity index is 558. The van der Waals surface area contributed by atoms with Gasteiger partial charge in [0.15, 0.2) is 0 Å². The molecule has 1 saturated heterocycles. The van der Waals surface area contributed by atoms with Crippen molar-refractivity contribution < 1.29 is 5.11 Å². The molecule has 1 atom stereocenters. The lowest BCUT2D eigenvalue weighted by Crippen LogP contribution is -2.22. The number of aliphatic hydroxyl groups is 1. The minimum Gasteiger partial charge on any atom is -0.391 e. The van der Waals surface area contributed by atoms with Crippen LogP contribution in [0.5, 0.6) is 0 Å². The fraction of sp³-hybridized carbons (Fsp3) is 0.308. The molecule has 1 N–H and O–H groups in total. The van der Waals surface area contributed by atoms with Crippen molar-refractivity contribution in [1.82, 2.24) is 4.98 Å². The molecule has 1 aliphatic heterocycles. The molecule has 0 amide bonds. The number of aromatic nitrogens is 1. The van der Waals surface area contributed by atoms with Gasteiger partial charge in [0.05, 0.1) is 11.6 Å². The van der Waals surface area contributed by atoms with Crippen LogP contribution in [0.2, 0.25) is 5.02 Å². The van der Waals surface area contributed by atoms with Crippen molar-refractivity contribution in [1.29, 1.82) is 0 Å². The maximum Gasteiger partial charge on any atom is 0.129 e. The first-order chi connectivity index (χ1) is 8.22. The van der Waals surface area contributed by atoms with Crippen molar-refractivity contribution in [3.05, 3.63) is 35.4 Å². The van der Waals surface area contributed by atoms with E-state index in [1.807, 2.05) is 30.3 Å². The first-order valence-corrected chi connectivity index (χ1v) is 6.09. The quantitative estimate of drug-likeness (QED) is 0.842. The van der Waals surface area contributed by atoms with E-state index in [0.29, 0.717) is 6.54 Å². The first kappa shape index (κ1) is 10.8. The van der Waals surface area contributed by atoms with E-state index in [-0.39, 0.29) is 6.10 Å². The number of hydrogen-bond donors (Lipinski definition) is 1. The van der Waals surface area contributed by atoms with Gasteiger partial charge in [-0.2, -0.15) is 0 Å². The summed E-state index contributed by atoms with van der Waals surface area (Å²) < 4.78 is 0.